The second kappa shape index (κ2) is 13.8. The Bertz CT molecular complexity index is 1980. The highest BCUT2D eigenvalue weighted by atomic mass is 79.9. The van der Waals surface area contributed by atoms with Gasteiger partial charge in [0.25, 0.3) is 5.69 Å². The maximum Gasteiger partial charge on any atom is 0.271 e. The Hall–Kier alpha value is -5.13. The maximum atomic E-state index is 14.1. The molecule has 11 heteroatoms. The van der Waals surface area contributed by atoms with Crippen LogP contribution in [0.2, 0.25) is 0 Å². The number of nitro benzene ring substituents is 1. The van der Waals surface area contributed by atoms with E-state index in [9.17, 15) is 24.8 Å². The van der Waals surface area contributed by atoms with E-state index in [-0.39, 0.29) is 54.2 Å². The number of nitro groups is 1. The summed E-state index contributed by atoms with van der Waals surface area (Å²) in [6.07, 6.45) is 4.73. The van der Waals surface area contributed by atoms with Gasteiger partial charge in [-0.2, -0.15) is 0 Å². The number of para-hydroxylation sites is 1. The normalized spacial score (nSPS) is 21.9. The minimum atomic E-state index is -0.656. The van der Waals surface area contributed by atoms with Crippen LogP contribution >= 0.6 is 15.9 Å². The van der Waals surface area contributed by atoms with Gasteiger partial charge in [0.15, 0.2) is 0 Å². The van der Waals surface area contributed by atoms with Crippen LogP contribution in [-0.2, 0) is 14.3 Å². The lowest BCUT2D eigenvalue weighted by Gasteiger charge is -2.31. The molecule has 4 aromatic rings. The van der Waals surface area contributed by atoms with Gasteiger partial charge in [-0.15, -0.1) is 0 Å². The van der Waals surface area contributed by atoms with Crippen molar-refractivity contribution in [2.75, 3.05) is 18.1 Å². The Morgan fingerprint density at radius 1 is 1.02 bits per heavy atom. The van der Waals surface area contributed by atoms with Crippen molar-refractivity contribution in [3.63, 3.8) is 0 Å². The third kappa shape index (κ3) is 6.51. The number of hydrogen-bond acceptors (Lipinski definition) is 8. The number of pyridine rings is 1. The molecule has 4 atom stereocenters. The molecule has 49 heavy (non-hydrogen) atoms. The highest BCUT2D eigenvalue weighted by Gasteiger charge is 2.57. The molecule has 0 bridgehead atoms. The molecule has 1 N–H and O–H groups in total. The van der Waals surface area contributed by atoms with Crippen LogP contribution < -0.4 is 9.64 Å². The molecule has 2 amide bonds. The number of carbonyl (C=O) groups excluding carboxylic acids is 2. The molecule has 1 aliphatic carbocycles. The lowest BCUT2D eigenvalue weighted by atomic mass is 9.69. The number of non-ortho nitro benzene ring substituents is 1. The Morgan fingerprint density at radius 2 is 1.84 bits per heavy atom. The van der Waals surface area contributed by atoms with E-state index in [0.29, 0.717) is 30.6 Å². The molecule has 2 saturated heterocycles. The lowest BCUT2D eigenvalue weighted by Crippen LogP contribution is -2.35. The Labute approximate surface area is 291 Å². The number of hydrogen-bond donors (Lipinski definition) is 1. The van der Waals surface area contributed by atoms with Gasteiger partial charge < -0.3 is 14.6 Å². The summed E-state index contributed by atoms with van der Waals surface area (Å²) in [5.41, 5.74) is 4.22. The van der Waals surface area contributed by atoms with E-state index in [1.807, 2.05) is 60.7 Å². The first-order valence-electron chi connectivity index (χ1n) is 16.0. The first-order valence-corrected chi connectivity index (χ1v) is 16.8. The topological polar surface area (TPSA) is 132 Å². The standard InChI is InChI=1S/C38H32BrN3O7/c39-26-13-14-33(43)24(18-26)17-23(32-11-4-5-16-40-32)12-15-34-35-25(21-48-29-9-2-1-3-10-29)19-30-36(31(35)22-49-34)38(45)41(37(30)44)27-7-6-8-28(20-27)42(46)47/h1-11,13-14,16-18,20,30-31,34,36,43H,12,15,19,21-22H2/b23-17-/t30-,31+,34-,36-/m1/s1. The number of anilines is 1. The van der Waals surface area contributed by atoms with E-state index in [0.717, 1.165) is 31.8 Å². The SMILES string of the molecule is O=C1[C@@H]2[C@@H](CC(COc3ccccc3)=C3[C@@H](CC/C(=C/c4cc(Br)ccc4O)c4ccccn4)OC[C@@H]32)C(=O)N1c1cccc([N+](=O)[O-])c1. The zero-order valence-electron chi connectivity index (χ0n) is 26.3. The number of rotatable bonds is 10. The van der Waals surface area contributed by atoms with Crippen LogP contribution in [0.5, 0.6) is 11.5 Å². The molecule has 248 valence electrons. The van der Waals surface area contributed by atoms with Crippen LogP contribution in [0.15, 0.2) is 113 Å². The summed E-state index contributed by atoms with van der Waals surface area (Å²) >= 11 is 3.49. The zero-order chi connectivity index (χ0) is 34.1. The van der Waals surface area contributed by atoms with Crippen molar-refractivity contribution in [3.05, 3.63) is 134 Å². The van der Waals surface area contributed by atoms with Crippen LogP contribution in [0.4, 0.5) is 11.4 Å². The van der Waals surface area contributed by atoms with Gasteiger partial charge in [0.2, 0.25) is 11.8 Å². The molecular weight excluding hydrogens is 690 g/mol. The quantitative estimate of drug-likeness (QED) is 0.0777. The van der Waals surface area contributed by atoms with Crippen molar-refractivity contribution in [3.8, 4) is 11.5 Å². The van der Waals surface area contributed by atoms with Gasteiger partial charge in [0.05, 0.1) is 40.9 Å². The first-order chi connectivity index (χ1) is 23.8. The minimum absolute atomic E-state index is 0.146. The average molecular weight is 723 g/mol. The van der Waals surface area contributed by atoms with E-state index >= 15 is 0 Å². The Morgan fingerprint density at radius 3 is 2.61 bits per heavy atom. The van der Waals surface area contributed by atoms with Gasteiger partial charge in [-0.1, -0.05) is 46.3 Å². The van der Waals surface area contributed by atoms with Crippen molar-refractivity contribution in [2.24, 2.45) is 17.8 Å². The van der Waals surface area contributed by atoms with E-state index < -0.39 is 16.8 Å². The van der Waals surface area contributed by atoms with Crippen LogP contribution in [0.1, 0.15) is 30.5 Å². The second-order valence-electron chi connectivity index (χ2n) is 12.3. The number of aromatic nitrogens is 1. The zero-order valence-corrected chi connectivity index (χ0v) is 27.9. The number of halogens is 1. The van der Waals surface area contributed by atoms with Crippen LogP contribution in [0.3, 0.4) is 0 Å². The smallest absolute Gasteiger partial charge is 0.271 e. The predicted molar refractivity (Wildman–Crippen MR) is 187 cm³/mol. The maximum absolute atomic E-state index is 14.1. The second-order valence-corrected chi connectivity index (χ2v) is 13.3. The molecule has 2 fully saturated rings. The number of phenols is 1. The van der Waals surface area contributed by atoms with Crippen molar-refractivity contribution < 1.29 is 29.1 Å². The lowest BCUT2D eigenvalue weighted by molar-refractivity contribution is -0.384. The predicted octanol–water partition coefficient (Wildman–Crippen LogP) is 7.38. The largest absolute Gasteiger partial charge is 0.507 e. The van der Waals surface area contributed by atoms with E-state index in [4.69, 9.17) is 9.47 Å². The number of ether oxygens (including phenoxy) is 2. The fraction of sp³-hybridized carbons (Fsp3) is 0.237. The summed E-state index contributed by atoms with van der Waals surface area (Å²) in [7, 11) is 0. The monoisotopic (exact) mass is 721 g/mol. The van der Waals surface area contributed by atoms with E-state index in [2.05, 4.69) is 20.9 Å². The van der Waals surface area contributed by atoms with Crippen LogP contribution in [0, 0.1) is 27.9 Å². The molecule has 1 aromatic heterocycles. The summed E-state index contributed by atoms with van der Waals surface area (Å²) in [5, 5.41) is 22.1. The van der Waals surface area contributed by atoms with Crippen LogP contribution in [-0.4, -0.2) is 46.1 Å². The molecule has 0 unspecified atom stereocenters. The van der Waals surface area contributed by atoms with Crippen molar-refractivity contribution in [1.29, 1.82) is 0 Å². The number of benzene rings is 3. The summed E-state index contributed by atoms with van der Waals surface area (Å²) in [4.78, 5) is 44.6. The van der Waals surface area contributed by atoms with Gasteiger partial charge >= 0.3 is 0 Å². The molecule has 7 rings (SSSR count). The third-order valence-corrected chi connectivity index (χ3v) is 9.95. The molecule has 2 aliphatic heterocycles. The van der Waals surface area contributed by atoms with E-state index in [1.165, 1.54) is 18.2 Å². The molecule has 0 spiro atoms. The summed E-state index contributed by atoms with van der Waals surface area (Å²) in [6.45, 7) is 0.485. The number of imide groups is 1. The highest BCUT2D eigenvalue weighted by molar-refractivity contribution is 9.10. The fourth-order valence-corrected chi connectivity index (χ4v) is 7.61. The van der Waals surface area contributed by atoms with Crippen molar-refractivity contribution >= 4 is 50.8 Å². The van der Waals surface area contributed by atoms with Crippen molar-refractivity contribution in [2.45, 2.75) is 25.4 Å². The molecule has 3 heterocycles. The first kappa shape index (κ1) is 32.4. The Kier molecular flexibility index (Phi) is 9.11. The molecule has 3 aromatic carbocycles. The number of amides is 2. The van der Waals surface area contributed by atoms with Gasteiger partial charge in [0, 0.05) is 34.3 Å². The molecule has 3 aliphatic rings. The van der Waals surface area contributed by atoms with Crippen LogP contribution in [0.25, 0.3) is 11.6 Å². The van der Waals surface area contributed by atoms with Gasteiger partial charge in [0.1, 0.15) is 18.1 Å². The Balaban J connectivity index is 1.21. The van der Waals surface area contributed by atoms with Gasteiger partial charge in [-0.3, -0.25) is 24.7 Å². The van der Waals surface area contributed by atoms with Gasteiger partial charge in [-0.05, 0) is 90.6 Å². The molecule has 0 radical (unpaired) electrons. The highest BCUT2D eigenvalue weighted by Crippen LogP contribution is 2.51. The van der Waals surface area contributed by atoms with Crippen molar-refractivity contribution in [1.82, 2.24) is 4.98 Å². The minimum Gasteiger partial charge on any atom is -0.507 e. The molecule has 0 saturated carbocycles. The summed E-state index contributed by atoms with van der Waals surface area (Å²) in [5.74, 6) is -1.56. The number of nitrogens with zero attached hydrogens (tertiary/aromatic N) is 3. The number of fused-ring (bicyclic) bond motifs is 3. The number of aromatic hydroxyl groups is 1. The third-order valence-electron chi connectivity index (χ3n) is 9.45. The average Bonchev–Trinajstić information content (AvgIpc) is 3.65. The van der Waals surface area contributed by atoms with Gasteiger partial charge in [-0.25, -0.2) is 4.90 Å². The number of allylic oxidation sites excluding steroid dienone is 1. The number of phenolic OH excluding ortho intramolecular Hbond substituents is 1. The van der Waals surface area contributed by atoms with E-state index in [1.54, 1.807) is 24.4 Å². The number of carbonyl (C=O) groups is 2. The summed E-state index contributed by atoms with van der Waals surface area (Å²) < 4.78 is 13.5. The molecule has 10 nitrogen and oxygen atoms in total. The molecular formula is C38H32BrN3O7. The summed E-state index contributed by atoms with van der Waals surface area (Å²) in [6, 6.07) is 26.0. The fourth-order valence-electron chi connectivity index (χ4n) is 7.24.